The number of carbonyl (C=O) groups is 1. The molecule has 0 bridgehead atoms. The van der Waals surface area contributed by atoms with Gasteiger partial charge in [-0.05, 0) is 43.9 Å². The first kappa shape index (κ1) is 17.0. The van der Waals surface area contributed by atoms with Crippen LogP contribution in [0.15, 0.2) is 30.5 Å². The summed E-state index contributed by atoms with van der Waals surface area (Å²) in [5, 5.41) is 17.9. The highest BCUT2D eigenvalue weighted by atomic mass is 35.5. The summed E-state index contributed by atoms with van der Waals surface area (Å²) in [6.45, 7) is 2.13. The second kappa shape index (κ2) is 7.36. The molecule has 0 radical (unpaired) electrons. The number of hydrogen-bond donors (Lipinski definition) is 2. The first-order valence-corrected chi connectivity index (χ1v) is 8.71. The average molecular weight is 348 g/mol. The lowest BCUT2D eigenvalue weighted by atomic mass is 10.0. The summed E-state index contributed by atoms with van der Waals surface area (Å²) in [4.78, 5) is 12.4. The quantitative estimate of drug-likeness (QED) is 0.873. The lowest BCUT2D eigenvalue weighted by molar-refractivity contribution is 0.0840. The van der Waals surface area contributed by atoms with Crippen LogP contribution in [0.5, 0.6) is 0 Å². The number of hydrogen-bond acceptors (Lipinski definition) is 3. The predicted molar refractivity (Wildman–Crippen MR) is 93.6 cm³/mol. The Kier molecular flexibility index (Phi) is 5.21. The number of halogens is 1. The molecule has 5 nitrogen and oxygen atoms in total. The van der Waals surface area contributed by atoms with E-state index in [1.54, 1.807) is 23.0 Å². The van der Waals surface area contributed by atoms with Crippen LogP contribution >= 0.6 is 11.6 Å². The summed E-state index contributed by atoms with van der Waals surface area (Å²) in [6, 6.07) is 7.32. The summed E-state index contributed by atoms with van der Waals surface area (Å²) in [6.07, 6.45) is 5.50. The van der Waals surface area contributed by atoms with Crippen LogP contribution in [0.4, 0.5) is 0 Å². The molecule has 2 aromatic rings. The van der Waals surface area contributed by atoms with Gasteiger partial charge in [-0.3, -0.25) is 4.79 Å². The molecule has 24 heavy (non-hydrogen) atoms. The maximum atomic E-state index is 12.4. The molecule has 1 aliphatic rings. The van der Waals surface area contributed by atoms with Crippen molar-refractivity contribution in [3.63, 3.8) is 0 Å². The van der Waals surface area contributed by atoms with Crippen molar-refractivity contribution in [2.45, 2.75) is 38.7 Å². The first-order valence-electron chi connectivity index (χ1n) is 8.33. The predicted octanol–water partition coefficient (Wildman–Crippen LogP) is 3.12. The molecule has 0 saturated heterocycles. The fourth-order valence-corrected chi connectivity index (χ4v) is 3.49. The van der Waals surface area contributed by atoms with E-state index >= 15 is 0 Å². The molecule has 6 heteroatoms. The molecule has 0 aliphatic heterocycles. The van der Waals surface area contributed by atoms with Gasteiger partial charge in [0.15, 0.2) is 0 Å². The van der Waals surface area contributed by atoms with E-state index in [1.807, 2.05) is 19.1 Å². The van der Waals surface area contributed by atoms with E-state index in [9.17, 15) is 9.90 Å². The topological polar surface area (TPSA) is 67.2 Å². The van der Waals surface area contributed by atoms with Crippen LogP contribution in [0.25, 0.3) is 5.69 Å². The Balaban J connectivity index is 1.67. The molecule has 1 aliphatic carbocycles. The highest BCUT2D eigenvalue weighted by Gasteiger charge is 2.24. The second-order valence-electron chi connectivity index (χ2n) is 6.36. The van der Waals surface area contributed by atoms with Crippen molar-refractivity contribution >= 4 is 17.5 Å². The number of benzene rings is 1. The molecule has 1 heterocycles. The summed E-state index contributed by atoms with van der Waals surface area (Å²) in [7, 11) is 0. The zero-order chi connectivity index (χ0) is 17.1. The average Bonchev–Trinajstić information content (AvgIpc) is 3.22. The maximum absolute atomic E-state index is 12.4. The van der Waals surface area contributed by atoms with Gasteiger partial charge in [-0.25, -0.2) is 4.68 Å². The number of amides is 1. The molecule has 1 saturated carbocycles. The Hall–Kier alpha value is -1.85. The van der Waals surface area contributed by atoms with E-state index in [4.69, 9.17) is 11.6 Å². The van der Waals surface area contributed by atoms with Gasteiger partial charge < -0.3 is 10.4 Å². The van der Waals surface area contributed by atoms with Crippen LogP contribution in [-0.2, 0) is 0 Å². The normalized spacial score (nSPS) is 16.3. The molecule has 1 unspecified atom stereocenters. The van der Waals surface area contributed by atoms with Crippen molar-refractivity contribution in [2.75, 3.05) is 6.54 Å². The molecule has 2 N–H and O–H groups in total. The fourth-order valence-electron chi connectivity index (χ4n) is 3.30. The van der Waals surface area contributed by atoms with Crippen molar-refractivity contribution in [2.24, 2.45) is 5.92 Å². The van der Waals surface area contributed by atoms with E-state index < -0.39 is 6.10 Å². The molecular formula is C18H22ClN3O2. The molecule has 0 spiro atoms. The van der Waals surface area contributed by atoms with Crippen molar-refractivity contribution in [1.29, 1.82) is 0 Å². The number of aliphatic hydroxyl groups excluding tert-OH is 1. The van der Waals surface area contributed by atoms with Crippen molar-refractivity contribution in [3.8, 4) is 5.69 Å². The number of carbonyl (C=O) groups excluding carboxylic acids is 1. The van der Waals surface area contributed by atoms with Crippen molar-refractivity contribution in [3.05, 3.63) is 46.7 Å². The molecule has 1 aromatic carbocycles. The third kappa shape index (κ3) is 3.62. The van der Waals surface area contributed by atoms with Crippen LogP contribution < -0.4 is 5.32 Å². The second-order valence-corrected chi connectivity index (χ2v) is 6.79. The van der Waals surface area contributed by atoms with Gasteiger partial charge in [-0.15, -0.1) is 0 Å². The van der Waals surface area contributed by atoms with E-state index in [0.29, 0.717) is 16.5 Å². The minimum absolute atomic E-state index is 0.210. The van der Waals surface area contributed by atoms with E-state index in [1.165, 1.54) is 12.8 Å². The summed E-state index contributed by atoms with van der Waals surface area (Å²) >= 11 is 6.01. The van der Waals surface area contributed by atoms with Crippen molar-refractivity contribution in [1.82, 2.24) is 15.1 Å². The summed E-state index contributed by atoms with van der Waals surface area (Å²) in [5.74, 6) is 0.0957. The van der Waals surface area contributed by atoms with Gasteiger partial charge in [-0.2, -0.15) is 5.10 Å². The van der Waals surface area contributed by atoms with Gasteiger partial charge in [0, 0.05) is 11.6 Å². The third-order valence-electron chi connectivity index (χ3n) is 4.72. The lowest BCUT2D eigenvalue weighted by Gasteiger charge is -2.18. The largest absolute Gasteiger partial charge is 0.391 e. The smallest absolute Gasteiger partial charge is 0.254 e. The van der Waals surface area contributed by atoms with Crippen LogP contribution in [0.2, 0.25) is 5.02 Å². The Morgan fingerprint density at radius 1 is 1.46 bits per heavy atom. The zero-order valence-corrected chi connectivity index (χ0v) is 14.5. The van der Waals surface area contributed by atoms with Crippen LogP contribution in [0.1, 0.15) is 41.7 Å². The van der Waals surface area contributed by atoms with E-state index in [2.05, 4.69) is 10.4 Å². The summed E-state index contributed by atoms with van der Waals surface area (Å²) in [5.41, 5.74) is 2.06. The molecule has 1 aromatic heterocycles. The third-order valence-corrected chi connectivity index (χ3v) is 4.96. The Morgan fingerprint density at radius 3 is 2.92 bits per heavy atom. The molecule has 1 amide bonds. The lowest BCUT2D eigenvalue weighted by Crippen LogP contribution is -2.35. The number of aliphatic hydroxyl groups is 1. The van der Waals surface area contributed by atoms with Gasteiger partial charge in [-0.1, -0.05) is 30.5 Å². The highest BCUT2D eigenvalue weighted by molar-refractivity contribution is 6.30. The monoisotopic (exact) mass is 347 g/mol. The SMILES string of the molecule is Cc1c(C(=O)NCC(O)C2CCCC2)cnn1-c1cccc(Cl)c1. The van der Waals surface area contributed by atoms with Crippen LogP contribution in [-0.4, -0.2) is 33.4 Å². The molecule has 1 atom stereocenters. The van der Waals surface area contributed by atoms with Gasteiger partial charge in [0.2, 0.25) is 0 Å². The van der Waals surface area contributed by atoms with Gasteiger partial charge in [0.25, 0.3) is 5.91 Å². The molecular weight excluding hydrogens is 326 g/mol. The fraction of sp³-hybridized carbons (Fsp3) is 0.444. The standard InChI is InChI=1S/C18H22ClN3O2/c1-12-16(10-21-22(12)15-8-4-7-14(19)9-15)18(24)20-11-17(23)13-5-2-3-6-13/h4,7-10,13,17,23H,2-3,5-6,11H2,1H3,(H,20,24). The highest BCUT2D eigenvalue weighted by Crippen LogP contribution is 2.27. The minimum Gasteiger partial charge on any atom is -0.391 e. The molecule has 1 fully saturated rings. The Bertz CT molecular complexity index is 723. The minimum atomic E-state index is -0.472. The van der Waals surface area contributed by atoms with E-state index in [0.717, 1.165) is 24.2 Å². The number of aromatic nitrogens is 2. The molecule has 3 rings (SSSR count). The first-order chi connectivity index (χ1) is 11.6. The van der Waals surface area contributed by atoms with Gasteiger partial charge >= 0.3 is 0 Å². The Labute approximate surface area is 146 Å². The number of nitrogens with zero attached hydrogens (tertiary/aromatic N) is 2. The number of nitrogens with one attached hydrogen (secondary N) is 1. The number of rotatable bonds is 5. The van der Waals surface area contributed by atoms with Gasteiger partial charge in [0.05, 0.1) is 29.2 Å². The maximum Gasteiger partial charge on any atom is 0.254 e. The van der Waals surface area contributed by atoms with Crippen molar-refractivity contribution < 1.29 is 9.90 Å². The zero-order valence-electron chi connectivity index (χ0n) is 13.7. The molecule has 128 valence electrons. The van der Waals surface area contributed by atoms with Gasteiger partial charge in [0.1, 0.15) is 0 Å². The summed E-state index contributed by atoms with van der Waals surface area (Å²) < 4.78 is 1.69. The Morgan fingerprint density at radius 2 is 2.21 bits per heavy atom. The van der Waals surface area contributed by atoms with Crippen LogP contribution in [0, 0.1) is 12.8 Å². The van der Waals surface area contributed by atoms with Crippen LogP contribution in [0.3, 0.4) is 0 Å². The van der Waals surface area contributed by atoms with E-state index in [-0.39, 0.29) is 12.5 Å².